The van der Waals surface area contributed by atoms with Crippen LogP contribution in [0, 0.1) is 6.92 Å². The number of aromatic nitrogens is 3. The molecule has 1 amide bonds. The Balaban J connectivity index is 1.40. The Morgan fingerprint density at radius 2 is 1.80 bits per heavy atom. The Hall–Kier alpha value is -3.46. The molecule has 1 N–H and O–H groups in total. The number of nitrogens with zero attached hydrogens (tertiary/aromatic N) is 4. The number of benzene rings is 2. The Labute approximate surface area is 209 Å². The molecule has 0 saturated heterocycles. The summed E-state index contributed by atoms with van der Waals surface area (Å²) in [4.78, 5) is 23.9. The van der Waals surface area contributed by atoms with Gasteiger partial charge >= 0.3 is 5.97 Å². The summed E-state index contributed by atoms with van der Waals surface area (Å²) < 4.78 is 6.90. The van der Waals surface area contributed by atoms with E-state index in [0.717, 1.165) is 34.9 Å². The average molecular weight is 492 g/mol. The van der Waals surface area contributed by atoms with Crippen molar-refractivity contribution in [2.45, 2.75) is 50.2 Å². The lowest BCUT2D eigenvalue weighted by Gasteiger charge is -2.25. The maximum Gasteiger partial charge on any atom is 0.337 e. The third kappa shape index (κ3) is 6.36. The number of hydrogen-bond acceptors (Lipinski definition) is 7. The number of thioether (sulfide) groups is 1. The molecule has 0 aliphatic heterocycles. The maximum atomic E-state index is 12.4. The molecule has 1 aromatic heterocycles. The van der Waals surface area contributed by atoms with Crippen LogP contribution >= 0.6 is 11.8 Å². The largest absolute Gasteiger partial charge is 0.465 e. The Bertz CT molecular complexity index is 1180. The first kappa shape index (κ1) is 24.7. The lowest BCUT2D eigenvalue weighted by atomic mass is 9.95. The van der Waals surface area contributed by atoms with Gasteiger partial charge in [0.25, 0.3) is 5.91 Å². The number of carbonyl (C=O) groups excluding carboxylic acids is 2. The molecule has 0 unspecified atom stereocenters. The van der Waals surface area contributed by atoms with Gasteiger partial charge in [0.1, 0.15) is 0 Å². The number of esters is 1. The van der Waals surface area contributed by atoms with Crippen LogP contribution in [0.2, 0.25) is 0 Å². The molecule has 0 radical (unpaired) electrons. The van der Waals surface area contributed by atoms with Gasteiger partial charge in [0.15, 0.2) is 11.0 Å². The summed E-state index contributed by atoms with van der Waals surface area (Å²) in [6.45, 7) is 2.06. The molecule has 0 bridgehead atoms. The average Bonchev–Trinajstić information content (AvgIpc) is 3.32. The minimum absolute atomic E-state index is 0.178. The van der Waals surface area contributed by atoms with Gasteiger partial charge in [-0.25, -0.2) is 10.2 Å². The second kappa shape index (κ2) is 11.8. The Morgan fingerprint density at radius 1 is 1.09 bits per heavy atom. The fourth-order valence-electron chi connectivity index (χ4n) is 4.11. The van der Waals surface area contributed by atoms with Crippen LogP contribution < -0.4 is 5.43 Å². The molecule has 8 nitrogen and oxygen atoms in total. The van der Waals surface area contributed by atoms with Crippen molar-refractivity contribution in [1.82, 2.24) is 20.2 Å². The standard InChI is InChI=1S/C26H29N5O3S/c1-18-8-12-20(13-9-18)24-29-30-26(31(24)22-6-4-3-5-7-22)35-17-23(32)28-27-16-19-10-14-21(15-11-19)25(33)34-2/h8-16,22H,3-7,17H2,1-2H3,(H,28,32). The van der Waals surface area contributed by atoms with E-state index in [-0.39, 0.29) is 11.7 Å². The predicted octanol–water partition coefficient (Wildman–Crippen LogP) is 4.79. The van der Waals surface area contributed by atoms with E-state index in [4.69, 9.17) is 0 Å². The first-order valence-corrected chi connectivity index (χ1v) is 12.7. The summed E-state index contributed by atoms with van der Waals surface area (Å²) in [5, 5.41) is 13.7. The zero-order valence-corrected chi connectivity index (χ0v) is 20.8. The topological polar surface area (TPSA) is 98.5 Å². The van der Waals surface area contributed by atoms with Crippen molar-refractivity contribution >= 4 is 29.9 Å². The van der Waals surface area contributed by atoms with Gasteiger partial charge in [-0.1, -0.05) is 73.0 Å². The third-order valence-corrected chi connectivity index (χ3v) is 6.92. The number of nitrogens with one attached hydrogen (secondary N) is 1. The van der Waals surface area contributed by atoms with Crippen LogP contribution in [0.25, 0.3) is 11.4 Å². The summed E-state index contributed by atoms with van der Waals surface area (Å²) in [6, 6.07) is 15.4. The van der Waals surface area contributed by atoms with E-state index in [1.165, 1.54) is 49.9 Å². The Morgan fingerprint density at radius 3 is 2.49 bits per heavy atom. The summed E-state index contributed by atoms with van der Waals surface area (Å²) >= 11 is 1.37. The van der Waals surface area contributed by atoms with Gasteiger partial charge in [0.05, 0.1) is 24.6 Å². The minimum Gasteiger partial charge on any atom is -0.465 e. The van der Waals surface area contributed by atoms with Gasteiger partial charge in [-0.3, -0.25) is 9.36 Å². The minimum atomic E-state index is -0.398. The van der Waals surface area contributed by atoms with Gasteiger partial charge in [-0.05, 0) is 37.5 Å². The van der Waals surface area contributed by atoms with E-state index in [0.29, 0.717) is 11.6 Å². The maximum absolute atomic E-state index is 12.4. The molecule has 1 aliphatic rings. The molecule has 1 fully saturated rings. The fourth-order valence-corrected chi connectivity index (χ4v) is 4.91. The number of methoxy groups -OCH3 is 1. The molecule has 1 heterocycles. The molecule has 0 spiro atoms. The molecule has 3 aromatic rings. The molecule has 2 aromatic carbocycles. The van der Waals surface area contributed by atoms with Crippen molar-refractivity contribution in [3.05, 3.63) is 65.2 Å². The summed E-state index contributed by atoms with van der Waals surface area (Å²) in [7, 11) is 1.34. The van der Waals surface area contributed by atoms with E-state index >= 15 is 0 Å². The highest BCUT2D eigenvalue weighted by Crippen LogP contribution is 2.35. The van der Waals surface area contributed by atoms with Crippen molar-refractivity contribution in [1.29, 1.82) is 0 Å². The highest BCUT2D eigenvalue weighted by molar-refractivity contribution is 7.99. The second-order valence-corrected chi connectivity index (χ2v) is 9.47. The van der Waals surface area contributed by atoms with Crippen LogP contribution in [-0.2, 0) is 9.53 Å². The van der Waals surface area contributed by atoms with Crippen LogP contribution in [0.15, 0.2) is 58.8 Å². The molecule has 4 rings (SSSR count). The number of amides is 1. The van der Waals surface area contributed by atoms with Crippen LogP contribution in [0.3, 0.4) is 0 Å². The van der Waals surface area contributed by atoms with E-state index in [1.54, 1.807) is 24.3 Å². The van der Waals surface area contributed by atoms with Crippen LogP contribution in [0.5, 0.6) is 0 Å². The predicted molar refractivity (Wildman–Crippen MR) is 137 cm³/mol. The van der Waals surface area contributed by atoms with Gasteiger partial charge in [0, 0.05) is 11.6 Å². The summed E-state index contributed by atoms with van der Waals surface area (Å²) in [5.74, 6) is 0.406. The number of hydrogen-bond donors (Lipinski definition) is 1. The lowest BCUT2D eigenvalue weighted by Crippen LogP contribution is -2.20. The highest BCUT2D eigenvalue weighted by atomic mass is 32.2. The molecule has 35 heavy (non-hydrogen) atoms. The van der Waals surface area contributed by atoms with Crippen LogP contribution in [-0.4, -0.2) is 45.7 Å². The number of hydrazone groups is 1. The van der Waals surface area contributed by atoms with Crippen molar-refractivity contribution in [3.8, 4) is 11.4 Å². The van der Waals surface area contributed by atoms with Crippen molar-refractivity contribution < 1.29 is 14.3 Å². The van der Waals surface area contributed by atoms with E-state index < -0.39 is 5.97 Å². The number of rotatable bonds is 8. The van der Waals surface area contributed by atoms with Gasteiger partial charge in [-0.15, -0.1) is 10.2 Å². The second-order valence-electron chi connectivity index (χ2n) is 8.53. The molecule has 1 saturated carbocycles. The van der Waals surface area contributed by atoms with Crippen molar-refractivity contribution in [3.63, 3.8) is 0 Å². The SMILES string of the molecule is COC(=O)c1ccc(C=NNC(=O)CSc2nnc(-c3ccc(C)cc3)n2C2CCCCC2)cc1. The first-order valence-electron chi connectivity index (χ1n) is 11.7. The number of aryl methyl sites for hydroxylation is 1. The summed E-state index contributed by atoms with van der Waals surface area (Å²) in [6.07, 6.45) is 7.36. The lowest BCUT2D eigenvalue weighted by molar-refractivity contribution is -0.118. The molecule has 0 atom stereocenters. The third-order valence-electron chi connectivity index (χ3n) is 5.98. The molecular weight excluding hydrogens is 462 g/mol. The normalized spacial score (nSPS) is 14.2. The molecule has 9 heteroatoms. The fraction of sp³-hybridized carbons (Fsp3) is 0.346. The molecule has 182 valence electrons. The van der Waals surface area contributed by atoms with Crippen molar-refractivity contribution in [2.75, 3.05) is 12.9 Å². The van der Waals surface area contributed by atoms with Gasteiger partial charge in [-0.2, -0.15) is 5.10 Å². The quantitative estimate of drug-likeness (QED) is 0.211. The van der Waals surface area contributed by atoms with Gasteiger partial charge in [0.2, 0.25) is 0 Å². The number of carbonyl (C=O) groups is 2. The van der Waals surface area contributed by atoms with Crippen molar-refractivity contribution in [2.24, 2.45) is 5.10 Å². The van der Waals surface area contributed by atoms with E-state index in [1.807, 2.05) is 0 Å². The van der Waals surface area contributed by atoms with Crippen LogP contribution in [0.4, 0.5) is 0 Å². The zero-order valence-electron chi connectivity index (χ0n) is 19.9. The van der Waals surface area contributed by atoms with E-state index in [2.05, 4.69) is 61.2 Å². The monoisotopic (exact) mass is 491 g/mol. The molecule has 1 aliphatic carbocycles. The highest BCUT2D eigenvalue weighted by Gasteiger charge is 2.24. The smallest absolute Gasteiger partial charge is 0.337 e. The number of ether oxygens (including phenoxy) is 1. The molecular formula is C26H29N5O3S. The van der Waals surface area contributed by atoms with E-state index in [9.17, 15) is 9.59 Å². The first-order chi connectivity index (χ1) is 17.0. The van der Waals surface area contributed by atoms with Crippen LogP contribution in [0.1, 0.15) is 59.6 Å². The Kier molecular flexibility index (Phi) is 8.31. The summed E-state index contributed by atoms with van der Waals surface area (Å²) in [5.41, 5.74) is 6.00. The zero-order chi connectivity index (χ0) is 24.6. The van der Waals surface area contributed by atoms with Gasteiger partial charge < -0.3 is 4.74 Å².